The molecule has 3 fully saturated rings. The van der Waals surface area contributed by atoms with Crippen LogP contribution in [-0.4, -0.2) is 35.5 Å². The smallest absolute Gasteiger partial charge is 0.227 e. The third-order valence-electron chi connectivity index (χ3n) is 4.68. The molecule has 3 unspecified atom stereocenters. The number of carbonyl (C=O) groups excluding carboxylic acids is 1. The Kier molecular flexibility index (Phi) is 2.89. The number of hydrogen-bond acceptors (Lipinski definition) is 2. The Balaban J connectivity index is 1.65. The van der Waals surface area contributed by atoms with E-state index in [0.717, 1.165) is 18.9 Å². The van der Waals surface area contributed by atoms with Crippen LogP contribution in [0.1, 0.15) is 46.0 Å². The monoisotopic (exact) mass is 236 g/mol. The standard InChI is InChI=1S/C14H24N2O/c1-9(2)16(8-10-3-4-10)14(17)12-7-11-5-6-13(12)15-11/h9-13,15H,3-8H2,1-2H3. The molecule has 1 amide bonds. The molecule has 3 nitrogen and oxygen atoms in total. The van der Waals surface area contributed by atoms with Gasteiger partial charge in [0.15, 0.2) is 0 Å². The van der Waals surface area contributed by atoms with Crippen LogP contribution in [0, 0.1) is 11.8 Å². The van der Waals surface area contributed by atoms with Gasteiger partial charge in [0.2, 0.25) is 5.91 Å². The normalized spacial score (nSPS) is 35.6. The van der Waals surface area contributed by atoms with Crippen molar-refractivity contribution in [3.8, 4) is 0 Å². The lowest BCUT2D eigenvalue weighted by Gasteiger charge is -2.32. The lowest BCUT2D eigenvalue weighted by molar-refractivity contribution is -0.138. The van der Waals surface area contributed by atoms with Gasteiger partial charge < -0.3 is 10.2 Å². The van der Waals surface area contributed by atoms with Crippen LogP contribution in [-0.2, 0) is 4.79 Å². The van der Waals surface area contributed by atoms with Crippen LogP contribution in [0.25, 0.3) is 0 Å². The van der Waals surface area contributed by atoms with Gasteiger partial charge in [0, 0.05) is 24.7 Å². The van der Waals surface area contributed by atoms with Crippen LogP contribution < -0.4 is 5.32 Å². The van der Waals surface area contributed by atoms with Crippen LogP contribution in [0.3, 0.4) is 0 Å². The van der Waals surface area contributed by atoms with E-state index in [9.17, 15) is 4.79 Å². The summed E-state index contributed by atoms with van der Waals surface area (Å²) in [5, 5.41) is 3.57. The summed E-state index contributed by atoms with van der Waals surface area (Å²) in [5.74, 6) is 1.49. The quantitative estimate of drug-likeness (QED) is 0.807. The minimum atomic E-state index is 0.273. The third-order valence-corrected chi connectivity index (χ3v) is 4.68. The first-order valence-electron chi connectivity index (χ1n) is 7.21. The number of nitrogens with zero attached hydrogens (tertiary/aromatic N) is 1. The molecule has 1 aliphatic carbocycles. The zero-order chi connectivity index (χ0) is 12.0. The highest BCUT2D eigenvalue weighted by atomic mass is 16.2. The fraction of sp³-hybridized carbons (Fsp3) is 0.929. The van der Waals surface area contributed by atoms with Gasteiger partial charge in [-0.05, 0) is 51.9 Å². The first-order valence-corrected chi connectivity index (χ1v) is 7.21. The zero-order valence-electron chi connectivity index (χ0n) is 11.0. The molecule has 2 saturated heterocycles. The Hall–Kier alpha value is -0.570. The zero-order valence-corrected chi connectivity index (χ0v) is 11.0. The maximum absolute atomic E-state index is 12.6. The van der Waals surface area contributed by atoms with Gasteiger partial charge in [-0.3, -0.25) is 4.79 Å². The second-order valence-corrected chi connectivity index (χ2v) is 6.42. The van der Waals surface area contributed by atoms with Crippen molar-refractivity contribution in [3.05, 3.63) is 0 Å². The number of nitrogens with one attached hydrogen (secondary N) is 1. The van der Waals surface area contributed by atoms with Gasteiger partial charge >= 0.3 is 0 Å². The molecule has 3 rings (SSSR count). The van der Waals surface area contributed by atoms with Crippen molar-refractivity contribution in [2.75, 3.05) is 6.54 Å². The minimum Gasteiger partial charge on any atom is -0.340 e. The molecule has 2 bridgehead atoms. The number of carbonyl (C=O) groups is 1. The summed E-state index contributed by atoms with van der Waals surface area (Å²) in [5.41, 5.74) is 0. The van der Waals surface area contributed by atoms with E-state index in [2.05, 4.69) is 24.1 Å². The van der Waals surface area contributed by atoms with Gasteiger partial charge in [0.05, 0.1) is 5.92 Å². The largest absolute Gasteiger partial charge is 0.340 e. The van der Waals surface area contributed by atoms with Crippen LogP contribution in [0.2, 0.25) is 0 Å². The van der Waals surface area contributed by atoms with E-state index in [4.69, 9.17) is 0 Å². The molecule has 3 heteroatoms. The molecule has 0 spiro atoms. The number of amides is 1. The second kappa shape index (κ2) is 4.27. The molecule has 2 heterocycles. The SMILES string of the molecule is CC(C)N(CC1CC1)C(=O)C1CC2CCC1N2. The molecule has 1 N–H and O–H groups in total. The summed E-state index contributed by atoms with van der Waals surface area (Å²) in [4.78, 5) is 14.8. The van der Waals surface area contributed by atoms with E-state index < -0.39 is 0 Å². The van der Waals surface area contributed by atoms with Crippen molar-refractivity contribution in [3.63, 3.8) is 0 Å². The van der Waals surface area contributed by atoms with Crippen molar-refractivity contribution in [2.45, 2.75) is 64.1 Å². The van der Waals surface area contributed by atoms with Gasteiger partial charge in [-0.2, -0.15) is 0 Å². The molecule has 1 saturated carbocycles. The van der Waals surface area contributed by atoms with E-state index in [0.29, 0.717) is 24.0 Å². The highest BCUT2D eigenvalue weighted by molar-refractivity contribution is 5.80. The summed E-state index contributed by atoms with van der Waals surface area (Å²) in [7, 11) is 0. The number of hydrogen-bond donors (Lipinski definition) is 1. The lowest BCUT2D eigenvalue weighted by Crippen LogP contribution is -2.45. The average molecular weight is 236 g/mol. The molecule has 96 valence electrons. The predicted molar refractivity (Wildman–Crippen MR) is 67.6 cm³/mol. The number of rotatable bonds is 4. The van der Waals surface area contributed by atoms with E-state index in [1.54, 1.807) is 0 Å². The van der Waals surface area contributed by atoms with Crippen molar-refractivity contribution in [1.82, 2.24) is 10.2 Å². The summed E-state index contributed by atoms with van der Waals surface area (Å²) in [6, 6.07) is 1.47. The Morgan fingerprint density at radius 1 is 1.29 bits per heavy atom. The fourth-order valence-electron chi connectivity index (χ4n) is 3.44. The summed E-state index contributed by atoms with van der Waals surface area (Å²) < 4.78 is 0. The molecule has 0 aromatic rings. The molecule has 2 aliphatic heterocycles. The molecule has 0 radical (unpaired) electrons. The van der Waals surface area contributed by atoms with Gasteiger partial charge in [-0.25, -0.2) is 0 Å². The third kappa shape index (κ3) is 2.22. The summed E-state index contributed by atoms with van der Waals surface area (Å²) in [6.45, 7) is 5.31. The van der Waals surface area contributed by atoms with Crippen LogP contribution >= 0.6 is 0 Å². The molecular weight excluding hydrogens is 212 g/mol. The molecule has 0 aromatic carbocycles. The summed E-state index contributed by atoms with van der Waals surface area (Å²) in [6.07, 6.45) is 6.21. The molecular formula is C14H24N2O. The highest BCUT2D eigenvalue weighted by Crippen LogP contribution is 2.36. The van der Waals surface area contributed by atoms with E-state index in [-0.39, 0.29) is 5.92 Å². The van der Waals surface area contributed by atoms with E-state index in [1.807, 2.05) is 0 Å². The van der Waals surface area contributed by atoms with Gasteiger partial charge in [-0.1, -0.05) is 0 Å². The van der Waals surface area contributed by atoms with Gasteiger partial charge in [-0.15, -0.1) is 0 Å². The van der Waals surface area contributed by atoms with Gasteiger partial charge in [0.25, 0.3) is 0 Å². The first-order chi connectivity index (χ1) is 8.15. The lowest BCUT2D eigenvalue weighted by atomic mass is 9.88. The van der Waals surface area contributed by atoms with Crippen molar-refractivity contribution in [2.24, 2.45) is 11.8 Å². The Morgan fingerprint density at radius 3 is 2.53 bits per heavy atom. The maximum Gasteiger partial charge on any atom is 0.227 e. The van der Waals surface area contributed by atoms with Gasteiger partial charge in [0.1, 0.15) is 0 Å². The van der Waals surface area contributed by atoms with E-state index >= 15 is 0 Å². The van der Waals surface area contributed by atoms with Crippen molar-refractivity contribution in [1.29, 1.82) is 0 Å². The second-order valence-electron chi connectivity index (χ2n) is 6.42. The fourth-order valence-corrected chi connectivity index (χ4v) is 3.44. The average Bonchev–Trinajstić information content (AvgIpc) is 2.87. The Labute approximate surface area is 104 Å². The number of fused-ring (bicyclic) bond motifs is 2. The molecule has 3 aliphatic rings. The van der Waals surface area contributed by atoms with Crippen LogP contribution in [0.4, 0.5) is 0 Å². The first kappa shape index (κ1) is 11.5. The molecule has 17 heavy (non-hydrogen) atoms. The molecule has 0 aromatic heterocycles. The summed E-state index contributed by atoms with van der Waals surface area (Å²) >= 11 is 0. The van der Waals surface area contributed by atoms with Crippen LogP contribution in [0.5, 0.6) is 0 Å². The van der Waals surface area contributed by atoms with E-state index in [1.165, 1.54) is 25.7 Å². The van der Waals surface area contributed by atoms with Crippen molar-refractivity contribution >= 4 is 5.91 Å². The topological polar surface area (TPSA) is 32.3 Å². The maximum atomic E-state index is 12.6. The Morgan fingerprint density at radius 2 is 2.06 bits per heavy atom. The molecule has 3 atom stereocenters. The predicted octanol–water partition coefficient (Wildman–Crippen LogP) is 1.77. The van der Waals surface area contributed by atoms with Crippen LogP contribution in [0.15, 0.2) is 0 Å². The Bertz CT molecular complexity index is 311. The highest BCUT2D eigenvalue weighted by Gasteiger charge is 2.45. The van der Waals surface area contributed by atoms with Crippen molar-refractivity contribution < 1.29 is 4.79 Å². The minimum absolute atomic E-state index is 0.273.